The highest BCUT2D eigenvalue weighted by atomic mass is 79.9. The molecule has 0 radical (unpaired) electrons. The molecular formula is C6H14BrO6P. The van der Waals surface area contributed by atoms with E-state index in [1.54, 1.807) is 13.8 Å². The maximum Gasteiger partial charge on any atom is 0.529 e. The Morgan fingerprint density at radius 2 is 1.64 bits per heavy atom. The first-order valence-corrected chi connectivity index (χ1v) is 6.69. The van der Waals surface area contributed by atoms with Gasteiger partial charge in [-0.3, -0.25) is 4.52 Å². The van der Waals surface area contributed by atoms with E-state index in [4.69, 9.17) is 4.52 Å². The Bertz CT molecular complexity index is 149. The summed E-state index contributed by atoms with van der Waals surface area (Å²) in [4.78, 5) is 8.97. The van der Waals surface area contributed by atoms with Crippen LogP contribution in [-0.2, 0) is 28.2 Å². The van der Waals surface area contributed by atoms with E-state index in [1.165, 1.54) is 0 Å². The molecular weight excluding hydrogens is 279 g/mol. The Morgan fingerprint density at radius 1 is 1.14 bits per heavy atom. The SMILES string of the molecule is CCOOP(=O)(OCCBr)OOCC. The van der Waals surface area contributed by atoms with Crippen molar-refractivity contribution in [2.45, 2.75) is 13.8 Å². The van der Waals surface area contributed by atoms with Gasteiger partial charge in [-0.1, -0.05) is 15.9 Å². The van der Waals surface area contributed by atoms with Crippen molar-refractivity contribution in [1.29, 1.82) is 0 Å². The predicted molar refractivity (Wildman–Crippen MR) is 52.8 cm³/mol. The molecule has 0 fully saturated rings. The van der Waals surface area contributed by atoms with Crippen LogP contribution in [0.5, 0.6) is 0 Å². The van der Waals surface area contributed by atoms with Crippen LogP contribution in [0.3, 0.4) is 0 Å². The molecule has 0 heterocycles. The minimum Gasteiger partial charge on any atom is -0.283 e. The molecule has 0 aliphatic heterocycles. The molecule has 86 valence electrons. The van der Waals surface area contributed by atoms with Crippen molar-refractivity contribution in [3.63, 3.8) is 0 Å². The highest BCUT2D eigenvalue weighted by Gasteiger charge is 2.29. The summed E-state index contributed by atoms with van der Waals surface area (Å²) in [5.41, 5.74) is 0. The lowest BCUT2D eigenvalue weighted by Crippen LogP contribution is -2.03. The van der Waals surface area contributed by atoms with Crippen LogP contribution in [0.2, 0.25) is 0 Å². The molecule has 0 bridgehead atoms. The van der Waals surface area contributed by atoms with E-state index in [9.17, 15) is 4.57 Å². The van der Waals surface area contributed by atoms with Crippen LogP contribution >= 0.6 is 23.8 Å². The fraction of sp³-hybridized carbons (Fsp3) is 1.00. The van der Waals surface area contributed by atoms with Crippen LogP contribution in [0.15, 0.2) is 0 Å². The Balaban J connectivity index is 3.97. The zero-order chi connectivity index (χ0) is 10.9. The number of halogens is 1. The number of hydrogen-bond donors (Lipinski definition) is 0. The molecule has 0 aromatic rings. The van der Waals surface area contributed by atoms with E-state index in [2.05, 4.69) is 35.1 Å². The van der Waals surface area contributed by atoms with E-state index in [0.717, 1.165) is 0 Å². The summed E-state index contributed by atoms with van der Waals surface area (Å²) in [6.45, 7) is 3.98. The van der Waals surface area contributed by atoms with Crippen LogP contribution in [0.4, 0.5) is 0 Å². The second-order valence-electron chi connectivity index (χ2n) is 1.93. The van der Waals surface area contributed by atoms with Crippen LogP contribution in [-0.4, -0.2) is 25.2 Å². The van der Waals surface area contributed by atoms with Crippen molar-refractivity contribution in [3.8, 4) is 0 Å². The summed E-state index contributed by atoms with van der Waals surface area (Å²) < 4.78 is 25.2. The fourth-order valence-electron chi connectivity index (χ4n) is 0.436. The van der Waals surface area contributed by atoms with Gasteiger partial charge in [-0.25, -0.2) is 14.3 Å². The quantitative estimate of drug-likeness (QED) is 0.281. The number of hydrogen-bond acceptors (Lipinski definition) is 6. The molecule has 0 amide bonds. The first kappa shape index (κ1) is 14.5. The number of alkyl halides is 1. The summed E-state index contributed by atoms with van der Waals surface area (Å²) in [6.07, 6.45) is 0. The molecule has 0 aliphatic carbocycles. The van der Waals surface area contributed by atoms with Crippen molar-refractivity contribution >= 4 is 23.8 Å². The van der Waals surface area contributed by atoms with Gasteiger partial charge in [-0.05, 0) is 13.8 Å². The van der Waals surface area contributed by atoms with Gasteiger partial charge in [0.2, 0.25) is 0 Å². The van der Waals surface area contributed by atoms with Crippen LogP contribution < -0.4 is 0 Å². The molecule has 0 unspecified atom stereocenters. The van der Waals surface area contributed by atoms with E-state index in [-0.39, 0.29) is 19.8 Å². The molecule has 0 spiro atoms. The molecule has 6 nitrogen and oxygen atoms in total. The van der Waals surface area contributed by atoms with E-state index in [0.29, 0.717) is 5.33 Å². The molecule has 0 saturated carbocycles. The summed E-state index contributed by atoms with van der Waals surface area (Å²) in [6, 6.07) is 0. The lowest BCUT2D eigenvalue weighted by Gasteiger charge is -2.13. The normalized spacial score (nSPS) is 11.9. The molecule has 0 aromatic heterocycles. The largest absolute Gasteiger partial charge is 0.529 e. The average molecular weight is 293 g/mol. The molecule has 0 saturated heterocycles. The lowest BCUT2D eigenvalue weighted by molar-refractivity contribution is -0.278. The molecule has 0 aliphatic rings. The number of rotatable bonds is 9. The summed E-state index contributed by atoms with van der Waals surface area (Å²) in [5, 5.41) is 0.502. The second-order valence-corrected chi connectivity index (χ2v) is 4.18. The maximum absolute atomic E-state index is 11.6. The molecule has 0 atom stereocenters. The summed E-state index contributed by atoms with van der Waals surface area (Å²) in [5.74, 6) is 0. The topological polar surface area (TPSA) is 63.2 Å². The van der Waals surface area contributed by atoms with Gasteiger partial charge in [0.25, 0.3) is 0 Å². The molecule has 8 heteroatoms. The van der Waals surface area contributed by atoms with Crippen LogP contribution in [0.1, 0.15) is 13.8 Å². The second kappa shape index (κ2) is 8.79. The first-order valence-electron chi connectivity index (χ1n) is 4.11. The van der Waals surface area contributed by atoms with Gasteiger partial charge in [0.1, 0.15) is 0 Å². The fourth-order valence-corrected chi connectivity index (χ4v) is 1.74. The van der Waals surface area contributed by atoms with Gasteiger partial charge in [0, 0.05) is 5.33 Å². The Kier molecular flexibility index (Phi) is 9.11. The zero-order valence-electron chi connectivity index (χ0n) is 8.10. The van der Waals surface area contributed by atoms with E-state index >= 15 is 0 Å². The standard InChI is InChI=1S/C6H14BrO6P/c1-3-9-12-14(8,11-6-5-7)13-10-4-2/h3-6H2,1-2H3. The highest BCUT2D eigenvalue weighted by molar-refractivity contribution is 9.09. The number of phosphoric acid groups is 1. The first-order chi connectivity index (χ1) is 6.68. The van der Waals surface area contributed by atoms with Crippen LogP contribution in [0, 0.1) is 0 Å². The van der Waals surface area contributed by atoms with Crippen molar-refractivity contribution in [1.82, 2.24) is 0 Å². The molecule has 0 N–H and O–H groups in total. The third-order valence-electron chi connectivity index (χ3n) is 0.850. The minimum atomic E-state index is -3.74. The minimum absolute atomic E-state index is 0.164. The lowest BCUT2D eigenvalue weighted by atomic mass is 10.9. The molecule has 0 aromatic carbocycles. The molecule has 0 rings (SSSR count). The monoisotopic (exact) mass is 292 g/mol. The van der Waals surface area contributed by atoms with E-state index in [1.807, 2.05) is 0 Å². The average Bonchev–Trinajstić information content (AvgIpc) is 2.21. The highest BCUT2D eigenvalue weighted by Crippen LogP contribution is 2.49. The van der Waals surface area contributed by atoms with Gasteiger partial charge >= 0.3 is 7.82 Å². The van der Waals surface area contributed by atoms with Gasteiger partial charge < -0.3 is 0 Å². The van der Waals surface area contributed by atoms with Gasteiger partial charge in [0.05, 0.1) is 19.8 Å². The van der Waals surface area contributed by atoms with Crippen molar-refractivity contribution in [3.05, 3.63) is 0 Å². The van der Waals surface area contributed by atoms with E-state index < -0.39 is 7.82 Å². The van der Waals surface area contributed by atoms with Crippen molar-refractivity contribution in [2.24, 2.45) is 0 Å². The van der Waals surface area contributed by atoms with Gasteiger partial charge in [-0.2, -0.15) is 0 Å². The third-order valence-corrected chi connectivity index (χ3v) is 2.25. The summed E-state index contributed by atoms with van der Waals surface area (Å²) >= 11 is 3.10. The van der Waals surface area contributed by atoms with Gasteiger partial charge in [-0.15, -0.1) is 9.35 Å². The van der Waals surface area contributed by atoms with Gasteiger partial charge in [0.15, 0.2) is 0 Å². The van der Waals surface area contributed by atoms with Crippen LogP contribution in [0.25, 0.3) is 0 Å². The Morgan fingerprint density at radius 3 is 2.00 bits per heavy atom. The van der Waals surface area contributed by atoms with Crippen molar-refractivity contribution < 1.29 is 28.2 Å². The smallest absolute Gasteiger partial charge is 0.283 e. The third kappa shape index (κ3) is 6.89. The Hall–Kier alpha value is 0.510. The van der Waals surface area contributed by atoms with Crippen molar-refractivity contribution in [2.75, 3.05) is 25.2 Å². The zero-order valence-corrected chi connectivity index (χ0v) is 10.6. The maximum atomic E-state index is 11.6. The molecule has 14 heavy (non-hydrogen) atoms. The predicted octanol–water partition coefficient (Wildman–Crippen LogP) is 2.44. The Labute approximate surface area is 91.4 Å². The summed E-state index contributed by atoms with van der Waals surface area (Å²) in [7, 11) is -3.74.